The molecule has 30 heavy (non-hydrogen) atoms. The minimum absolute atomic E-state index is 0.128. The van der Waals surface area contributed by atoms with Gasteiger partial charge in [-0.1, -0.05) is 68.8 Å². The molecule has 3 N–H and O–H groups in total. The first kappa shape index (κ1) is 23.3. The maximum atomic E-state index is 13.0. The molecule has 2 aromatic rings. The van der Waals surface area contributed by atoms with Crippen molar-refractivity contribution in [1.29, 1.82) is 0 Å². The number of Topliss-reactive ketones (excluding diaryl/α,β-unsaturated/α-hetero) is 1. The van der Waals surface area contributed by atoms with Crippen molar-refractivity contribution < 1.29 is 19.5 Å². The van der Waals surface area contributed by atoms with Gasteiger partial charge in [0.2, 0.25) is 5.91 Å². The summed E-state index contributed by atoms with van der Waals surface area (Å²) in [6.07, 6.45) is 1.63. The number of rotatable bonds is 11. The number of carbonyl (C=O) groups is 3. The van der Waals surface area contributed by atoms with Crippen molar-refractivity contribution in [2.75, 3.05) is 6.61 Å². The fourth-order valence-electron chi connectivity index (χ4n) is 3.16. The van der Waals surface area contributed by atoms with Crippen molar-refractivity contribution in [2.24, 2.45) is 5.92 Å². The van der Waals surface area contributed by atoms with Crippen LogP contribution in [0.4, 0.5) is 0 Å². The topological polar surface area (TPSA) is 95.5 Å². The summed E-state index contributed by atoms with van der Waals surface area (Å²) in [4.78, 5) is 37.8. The summed E-state index contributed by atoms with van der Waals surface area (Å²) in [5, 5.41) is 14.9. The first-order valence-electron chi connectivity index (χ1n) is 10.3. The van der Waals surface area contributed by atoms with Gasteiger partial charge in [0.05, 0.1) is 6.04 Å². The van der Waals surface area contributed by atoms with Gasteiger partial charge in [0.25, 0.3) is 5.91 Å². The van der Waals surface area contributed by atoms with E-state index in [-0.39, 0.29) is 11.8 Å². The maximum absolute atomic E-state index is 13.0. The van der Waals surface area contributed by atoms with E-state index in [1.54, 1.807) is 24.3 Å². The monoisotopic (exact) mass is 410 g/mol. The van der Waals surface area contributed by atoms with Gasteiger partial charge in [0.1, 0.15) is 12.6 Å². The number of hydrogen-bond acceptors (Lipinski definition) is 4. The van der Waals surface area contributed by atoms with Crippen LogP contribution in [-0.2, 0) is 16.0 Å². The minimum Gasteiger partial charge on any atom is -0.389 e. The van der Waals surface area contributed by atoms with Crippen LogP contribution in [0.15, 0.2) is 60.7 Å². The summed E-state index contributed by atoms with van der Waals surface area (Å²) in [5.74, 6) is -1.34. The van der Waals surface area contributed by atoms with Crippen molar-refractivity contribution in [3.8, 4) is 0 Å². The third kappa shape index (κ3) is 6.81. The Morgan fingerprint density at radius 3 is 2.10 bits per heavy atom. The average Bonchev–Trinajstić information content (AvgIpc) is 2.80. The molecule has 2 rings (SSSR count). The van der Waals surface area contributed by atoms with E-state index in [0.29, 0.717) is 24.8 Å². The van der Waals surface area contributed by atoms with Crippen LogP contribution in [0.25, 0.3) is 0 Å². The van der Waals surface area contributed by atoms with E-state index in [0.717, 1.165) is 5.56 Å². The Morgan fingerprint density at radius 1 is 0.933 bits per heavy atom. The summed E-state index contributed by atoms with van der Waals surface area (Å²) < 4.78 is 0. The first-order valence-corrected chi connectivity index (χ1v) is 10.3. The molecule has 0 saturated carbocycles. The van der Waals surface area contributed by atoms with Crippen LogP contribution in [-0.4, -0.2) is 41.4 Å². The Labute approximate surface area is 177 Å². The normalized spacial score (nSPS) is 13.7. The molecule has 0 unspecified atom stereocenters. The van der Waals surface area contributed by atoms with Gasteiger partial charge in [-0.3, -0.25) is 14.4 Å². The lowest BCUT2D eigenvalue weighted by Gasteiger charge is -2.26. The lowest BCUT2D eigenvalue weighted by atomic mass is 9.96. The second-order valence-corrected chi connectivity index (χ2v) is 7.41. The molecule has 160 valence electrons. The zero-order valence-corrected chi connectivity index (χ0v) is 17.5. The highest BCUT2D eigenvalue weighted by Crippen LogP contribution is 2.12. The minimum atomic E-state index is -0.817. The standard InChI is InChI=1S/C24H30N2O4/c1-3-17(2)22(26-23(29)19-12-8-5-9-13-19)24(30)25-20(21(28)16-27)15-14-18-10-6-4-7-11-18/h4-13,17,20,22,27H,3,14-16H2,1-2H3,(H,25,30)(H,26,29)/t17-,20+,22+/m1/s1. The summed E-state index contributed by atoms with van der Waals surface area (Å²) in [7, 11) is 0. The highest BCUT2D eigenvalue weighted by atomic mass is 16.3. The number of carbonyl (C=O) groups excluding carboxylic acids is 3. The van der Waals surface area contributed by atoms with Crippen LogP contribution in [0.2, 0.25) is 0 Å². The van der Waals surface area contributed by atoms with Crippen LogP contribution in [0.1, 0.15) is 42.6 Å². The molecule has 6 heteroatoms. The Morgan fingerprint density at radius 2 is 1.53 bits per heavy atom. The van der Waals surface area contributed by atoms with Gasteiger partial charge in [0, 0.05) is 5.56 Å². The Hall–Kier alpha value is -2.99. The van der Waals surface area contributed by atoms with Gasteiger partial charge in [-0.2, -0.15) is 0 Å². The van der Waals surface area contributed by atoms with Crippen molar-refractivity contribution in [1.82, 2.24) is 10.6 Å². The molecule has 0 heterocycles. The third-order valence-electron chi connectivity index (χ3n) is 5.24. The van der Waals surface area contributed by atoms with Crippen LogP contribution < -0.4 is 10.6 Å². The zero-order chi connectivity index (χ0) is 21.9. The number of aliphatic hydroxyl groups excluding tert-OH is 1. The molecule has 0 aliphatic carbocycles. The van der Waals surface area contributed by atoms with Crippen molar-refractivity contribution >= 4 is 17.6 Å². The zero-order valence-electron chi connectivity index (χ0n) is 17.5. The van der Waals surface area contributed by atoms with E-state index in [1.807, 2.05) is 50.2 Å². The lowest BCUT2D eigenvalue weighted by Crippen LogP contribution is -2.54. The number of benzene rings is 2. The van der Waals surface area contributed by atoms with Gasteiger partial charge in [-0.15, -0.1) is 0 Å². The van der Waals surface area contributed by atoms with Crippen molar-refractivity contribution in [3.05, 3.63) is 71.8 Å². The highest BCUT2D eigenvalue weighted by Gasteiger charge is 2.29. The molecule has 0 aromatic heterocycles. The second-order valence-electron chi connectivity index (χ2n) is 7.41. The predicted octanol–water partition coefficient (Wildman–Crippen LogP) is 2.51. The number of aryl methyl sites for hydroxylation is 1. The highest BCUT2D eigenvalue weighted by molar-refractivity contribution is 5.98. The molecule has 0 fully saturated rings. The van der Waals surface area contributed by atoms with Crippen LogP contribution in [0.5, 0.6) is 0 Å². The number of amides is 2. The van der Waals surface area contributed by atoms with Crippen LogP contribution in [0, 0.1) is 5.92 Å². The molecule has 2 aromatic carbocycles. The van der Waals surface area contributed by atoms with E-state index in [4.69, 9.17) is 0 Å². The van der Waals surface area contributed by atoms with Crippen LogP contribution >= 0.6 is 0 Å². The first-order chi connectivity index (χ1) is 14.5. The fourth-order valence-corrected chi connectivity index (χ4v) is 3.16. The van der Waals surface area contributed by atoms with E-state index >= 15 is 0 Å². The molecule has 0 radical (unpaired) electrons. The average molecular weight is 411 g/mol. The molecule has 0 saturated heterocycles. The van der Waals surface area contributed by atoms with E-state index in [1.165, 1.54) is 0 Å². The Bertz CT molecular complexity index is 824. The van der Waals surface area contributed by atoms with Crippen molar-refractivity contribution in [2.45, 2.75) is 45.2 Å². The van der Waals surface area contributed by atoms with Crippen molar-refractivity contribution in [3.63, 3.8) is 0 Å². The molecule has 0 aliphatic rings. The quantitative estimate of drug-likeness (QED) is 0.530. The van der Waals surface area contributed by atoms with Gasteiger partial charge in [0.15, 0.2) is 5.78 Å². The summed E-state index contributed by atoms with van der Waals surface area (Å²) >= 11 is 0. The van der Waals surface area contributed by atoms with Gasteiger partial charge in [-0.05, 0) is 36.5 Å². The largest absolute Gasteiger partial charge is 0.389 e. The van der Waals surface area contributed by atoms with Crippen LogP contribution in [0.3, 0.4) is 0 Å². The molecule has 6 nitrogen and oxygen atoms in total. The molecule has 3 atom stereocenters. The third-order valence-corrected chi connectivity index (χ3v) is 5.24. The Kier molecular flexibility index (Phi) is 9.22. The van der Waals surface area contributed by atoms with Gasteiger partial charge >= 0.3 is 0 Å². The van der Waals surface area contributed by atoms with E-state index in [2.05, 4.69) is 10.6 Å². The number of aliphatic hydroxyl groups is 1. The SMILES string of the molecule is CC[C@@H](C)[C@H](NC(=O)c1ccccc1)C(=O)N[C@@H](CCc1ccccc1)C(=O)CO. The summed E-state index contributed by atoms with van der Waals surface area (Å²) in [6, 6.07) is 16.7. The van der Waals surface area contributed by atoms with E-state index < -0.39 is 30.4 Å². The molecular weight excluding hydrogens is 380 g/mol. The number of nitrogens with one attached hydrogen (secondary N) is 2. The van der Waals surface area contributed by atoms with Gasteiger partial charge in [-0.25, -0.2) is 0 Å². The molecular formula is C24H30N2O4. The number of hydrogen-bond donors (Lipinski definition) is 3. The fraction of sp³-hybridized carbons (Fsp3) is 0.375. The molecule has 2 amide bonds. The van der Waals surface area contributed by atoms with E-state index in [9.17, 15) is 19.5 Å². The Balaban J connectivity index is 2.09. The lowest BCUT2D eigenvalue weighted by molar-refractivity contribution is -0.131. The molecule has 0 aliphatic heterocycles. The maximum Gasteiger partial charge on any atom is 0.251 e. The molecule has 0 bridgehead atoms. The summed E-state index contributed by atoms with van der Waals surface area (Å²) in [6.45, 7) is 3.16. The van der Waals surface area contributed by atoms with Gasteiger partial charge < -0.3 is 15.7 Å². The predicted molar refractivity (Wildman–Crippen MR) is 116 cm³/mol. The smallest absolute Gasteiger partial charge is 0.251 e. The summed E-state index contributed by atoms with van der Waals surface area (Å²) in [5.41, 5.74) is 1.50. The number of ketones is 1. The molecule has 0 spiro atoms. The second kappa shape index (κ2) is 11.9.